The van der Waals surface area contributed by atoms with Gasteiger partial charge in [-0.05, 0) is 37.5 Å². The Balaban J connectivity index is 2.07. The van der Waals surface area contributed by atoms with Crippen LogP contribution in [0.4, 0.5) is 4.39 Å². The third kappa shape index (κ3) is 4.31. The topological polar surface area (TPSA) is 62.6 Å². The van der Waals surface area contributed by atoms with Crippen LogP contribution in [0.5, 0.6) is 5.75 Å². The second kappa shape index (κ2) is 9.39. The summed E-state index contributed by atoms with van der Waals surface area (Å²) in [5.74, 6) is 0.466. The fourth-order valence-corrected chi connectivity index (χ4v) is 3.73. The zero-order valence-electron chi connectivity index (χ0n) is 16.0. The first-order valence-electron chi connectivity index (χ1n) is 9.24. The van der Waals surface area contributed by atoms with Crippen molar-refractivity contribution in [3.8, 4) is 17.1 Å². The number of esters is 1. The molecule has 0 N–H and O–H groups in total. The van der Waals surface area contributed by atoms with Crippen LogP contribution in [-0.2, 0) is 22.4 Å². The molecule has 2 heterocycles. The van der Waals surface area contributed by atoms with Crippen molar-refractivity contribution in [2.45, 2.75) is 32.2 Å². The lowest BCUT2D eigenvalue weighted by atomic mass is 9.98. The number of hydrogen-bond donors (Lipinski definition) is 0. The Hall–Kier alpha value is -2.12. The molecule has 3 rings (SSSR count). The highest BCUT2D eigenvalue weighted by Crippen LogP contribution is 2.33. The molecule has 0 aliphatic carbocycles. The zero-order chi connectivity index (χ0) is 20.1. The SMILES string of the molecule is COCOc1ccc(-c2nc(C(=O)OC)c3n2C[C@@H](CF)CCCC3)cc1Cl. The molecule has 8 heteroatoms. The molecule has 0 unspecified atom stereocenters. The lowest BCUT2D eigenvalue weighted by Gasteiger charge is -2.21. The number of alkyl halides is 1. The number of imidazole rings is 1. The number of benzene rings is 1. The van der Waals surface area contributed by atoms with Crippen LogP contribution in [0.3, 0.4) is 0 Å². The predicted molar refractivity (Wildman–Crippen MR) is 104 cm³/mol. The lowest BCUT2D eigenvalue weighted by Crippen LogP contribution is -2.19. The Morgan fingerprint density at radius 3 is 2.86 bits per heavy atom. The molecule has 2 aromatic rings. The van der Waals surface area contributed by atoms with Crippen molar-refractivity contribution in [2.24, 2.45) is 5.92 Å². The Morgan fingerprint density at radius 2 is 2.18 bits per heavy atom. The van der Waals surface area contributed by atoms with Gasteiger partial charge in [0.1, 0.15) is 11.6 Å². The molecule has 1 aromatic carbocycles. The van der Waals surface area contributed by atoms with Crippen LogP contribution < -0.4 is 4.74 Å². The highest BCUT2D eigenvalue weighted by Gasteiger charge is 2.27. The van der Waals surface area contributed by atoms with Crippen LogP contribution in [0.25, 0.3) is 11.4 Å². The van der Waals surface area contributed by atoms with Gasteiger partial charge in [0.05, 0.1) is 24.5 Å². The third-order valence-corrected chi connectivity index (χ3v) is 5.20. The zero-order valence-corrected chi connectivity index (χ0v) is 16.8. The van der Waals surface area contributed by atoms with Crippen molar-refractivity contribution in [3.05, 3.63) is 34.6 Å². The predicted octanol–water partition coefficient (Wildman–Crippen LogP) is 4.28. The molecule has 0 saturated heterocycles. The van der Waals surface area contributed by atoms with Crippen molar-refractivity contribution in [1.29, 1.82) is 0 Å². The maximum atomic E-state index is 13.5. The smallest absolute Gasteiger partial charge is 0.358 e. The van der Waals surface area contributed by atoms with Gasteiger partial charge in [0.2, 0.25) is 0 Å². The molecular weight excluding hydrogens is 387 g/mol. The van der Waals surface area contributed by atoms with Gasteiger partial charge in [-0.1, -0.05) is 18.0 Å². The molecule has 1 atom stereocenters. The number of carbonyl (C=O) groups is 1. The number of methoxy groups -OCH3 is 2. The van der Waals surface area contributed by atoms with Crippen molar-refractivity contribution >= 4 is 17.6 Å². The second-order valence-electron chi connectivity index (χ2n) is 6.80. The summed E-state index contributed by atoms with van der Waals surface area (Å²) < 4.78 is 30.7. The molecule has 1 aliphatic rings. The number of nitrogens with zero attached hydrogens (tertiary/aromatic N) is 2. The van der Waals surface area contributed by atoms with E-state index in [1.54, 1.807) is 12.1 Å². The molecule has 0 saturated carbocycles. The maximum absolute atomic E-state index is 13.5. The maximum Gasteiger partial charge on any atom is 0.358 e. The Bertz CT molecular complexity index is 840. The van der Waals surface area contributed by atoms with Crippen LogP contribution in [0.15, 0.2) is 18.2 Å². The fourth-order valence-electron chi connectivity index (χ4n) is 3.50. The van der Waals surface area contributed by atoms with Gasteiger partial charge in [-0.2, -0.15) is 0 Å². The van der Waals surface area contributed by atoms with E-state index in [9.17, 15) is 9.18 Å². The molecule has 0 fully saturated rings. The number of ether oxygens (including phenoxy) is 3. The average molecular weight is 411 g/mol. The normalized spacial score (nSPS) is 16.8. The summed E-state index contributed by atoms with van der Waals surface area (Å²) in [7, 11) is 2.86. The van der Waals surface area contributed by atoms with E-state index in [-0.39, 0.29) is 18.4 Å². The Labute approximate surface area is 168 Å². The van der Waals surface area contributed by atoms with E-state index in [1.807, 2.05) is 10.6 Å². The molecule has 0 bridgehead atoms. The lowest BCUT2D eigenvalue weighted by molar-refractivity contribution is 0.0512. The second-order valence-corrected chi connectivity index (χ2v) is 7.20. The molecule has 28 heavy (non-hydrogen) atoms. The van der Waals surface area contributed by atoms with E-state index in [0.29, 0.717) is 29.6 Å². The minimum atomic E-state index is -0.487. The first kappa shape index (κ1) is 20.6. The largest absolute Gasteiger partial charge is 0.466 e. The summed E-state index contributed by atoms with van der Waals surface area (Å²) in [6, 6.07) is 5.27. The summed E-state index contributed by atoms with van der Waals surface area (Å²) in [6.45, 7) is 0.141. The molecule has 152 valence electrons. The monoisotopic (exact) mass is 410 g/mol. The van der Waals surface area contributed by atoms with Gasteiger partial charge >= 0.3 is 5.97 Å². The summed E-state index contributed by atoms with van der Waals surface area (Å²) in [4.78, 5) is 16.8. The van der Waals surface area contributed by atoms with E-state index in [1.165, 1.54) is 14.2 Å². The standard InChI is InChI=1S/C20H24ClFN2O4/c1-26-12-28-17-8-7-14(9-15(17)21)19-23-18(20(25)27-2)16-6-4-3-5-13(10-22)11-24(16)19/h7-9,13H,3-6,10-12H2,1-2H3/t13-/m1/s1. The molecule has 0 spiro atoms. The molecule has 0 amide bonds. The third-order valence-electron chi connectivity index (χ3n) is 4.91. The van der Waals surface area contributed by atoms with Gasteiger partial charge in [0, 0.05) is 25.1 Å². The number of carbonyl (C=O) groups excluding carboxylic acids is 1. The van der Waals surface area contributed by atoms with Gasteiger partial charge in [-0.25, -0.2) is 9.78 Å². The van der Waals surface area contributed by atoms with E-state index >= 15 is 0 Å². The molecular formula is C20H24ClFN2O4. The van der Waals surface area contributed by atoms with Gasteiger partial charge in [-0.3, -0.25) is 4.39 Å². The number of fused-ring (bicyclic) bond motifs is 1. The van der Waals surface area contributed by atoms with Gasteiger partial charge in [-0.15, -0.1) is 0 Å². The number of aromatic nitrogens is 2. The van der Waals surface area contributed by atoms with Gasteiger partial charge in [0.15, 0.2) is 12.5 Å². The minimum absolute atomic E-state index is 0.0858. The van der Waals surface area contributed by atoms with Crippen molar-refractivity contribution in [1.82, 2.24) is 9.55 Å². The summed E-state index contributed by atoms with van der Waals surface area (Å²) in [5.41, 5.74) is 1.80. The number of halogens is 2. The van der Waals surface area contributed by atoms with Gasteiger partial charge in [0.25, 0.3) is 0 Å². The number of hydrogen-bond acceptors (Lipinski definition) is 5. The highest BCUT2D eigenvalue weighted by molar-refractivity contribution is 6.32. The van der Waals surface area contributed by atoms with Crippen molar-refractivity contribution in [3.63, 3.8) is 0 Å². The van der Waals surface area contributed by atoms with Crippen LogP contribution in [0.2, 0.25) is 5.02 Å². The van der Waals surface area contributed by atoms with Crippen LogP contribution in [-0.4, -0.2) is 43.2 Å². The van der Waals surface area contributed by atoms with Crippen LogP contribution >= 0.6 is 11.6 Å². The summed E-state index contributed by atoms with van der Waals surface area (Å²) in [5, 5.41) is 0.402. The summed E-state index contributed by atoms with van der Waals surface area (Å²) in [6.07, 6.45) is 3.30. The van der Waals surface area contributed by atoms with Crippen molar-refractivity contribution < 1.29 is 23.4 Å². The molecule has 1 aromatic heterocycles. The minimum Gasteiger partial charge on any atom is -0.466 e. The van der Waals surface area contributed by atoms with Crippen LogP contribution in [0.1, 0.15) is 35.4 Å². The Kier molecular flexibility index (Phi) is 6.91. The fraction of sp³-hybridized carbons (Fsp3) is 0.500. The van der Waals surface area contributed by atoms with E-state index in [0.717, 1.165) is 30.5 Å². The first-order valence-corrected chi connectivity index (χ1v) is 9.62. The highest BCUT2D eigenvalue weighted by atomic mass is 35.5. The van der Waals surface area contributed by atoms with E-state index < -0.39 is 12.6 Å². The number of rotatable bonds is 6. The van der Waals surface area contributed by atoms with Gasteiger partial charge < -0.3 is 18.8 Å². The van der Waals surface area contributed by atoms with E-state index in [2.05, 4.69) is 4.98 Å². The summed E-state index contributed by atoms with van der Waals surface area (Å²) >= 11 is 6.34. The molecule has 6 nitrogen and oxygen atoms in total. The van der Waals surface area contributed by atoms with Crippen molar-refractivity contribution in [2.75, 3.05) is 27.7 Å². The van der Waals surface area contributed by atoms with Crippen LogP contribution in [0, 0.1) is 5.92 Å². The van der Waals surface area contributed by atoms with E-state index in [4.69, 9.17) is 25.8 Å². The molecule has 1 aliphatic heterocycles. The first-order chi connectivity index (χ1) is 13.6. The Morgan fingerprint density at radius 1 is 1.36 bits per heavy atom. The average Bonchev–Trinajstić information content (AvgIpc) is 3.03. The quantitative estimate of drug-likeness (QED) is 0.525. The molecule has 0 radical (unpaired) electrons.